The van der Waals surface area contributed by atoms with Gasteiger partial charge in [-0.25, -0.2) is 9.59 Å². The first-order valence-electron chi connectivity index (χ1n) is 8.26. The van der Waals surface area contributed by atoms with Crippen molar-refractivity contribution in [1.29, 1.82) is 0 Å². The molecule has 1 fully saturated rings. The van der Waals surface area contributed by atoms with Gasteiger partial charge in [-0.15, -0.1) is 0 Å². The minimum atomic E-state index is -4.48. The molecule has 1 aromatic rings. The molecular formula is C18H22F3NO4. The highest BCUT2D eigenvalue weighted by Crippen LogP contribution is 2.35. The Morgan fingerprint density at radius 2 is 1.85 bits per heavy atom. The van der Waals surface area contributed by atoms with E-state index in [0.717, 1.165) is 11.0 Å². The lowest BCUT2D eigenvalue weighted by Crippen LogP contribution is -2.43. The van der Waals surface area contributed by atoms with Gasteiger partial charge in [-0.1, -0.05) is 18.2 Å². The van der Waals surface area contributed by atoms with Crippen molar-refractivity contribution in [3.05, 3.63) is 35.4 Å². The third kappa shape index (κ3) is 4.89. The van der Waals surface area contributed by atoms with Crippen LogP contribution in [0.25, 0.3) is 0 Å². The van der Waals surface area contributed by atoms with Crippen LogP contribution in [0.4, 0.5) is 18.0 Å². The fraction of sp³-hybridized carbons (Fsp3) is 0.556. The van der Waals surface area contributed by atoms with Crippen molar-refractivity contribution < 1.29 is 32.6 Å². The number of ether oxygens (including phenoxy) is 1. The van der Waals surface area contributed by atoms with Crippen LogP contribution in [0.1, 0.15) is 38.3 Å². The second-order valence-corrected chi connectivity index (χ2v) is 7.45. The van der Waals surface area contributed by atoms with E-state index < -0.39 is 41.4 Å². The third-order valence-corrected chi connectivity index (χ3v) is 4.13. The average Bonchev–Trinajstić information content (AvgIpc) is 2.89. The Labute approximate surface area is 149 Å². The Kier molecular flexibility index (Phi) is 5.53. The van der Waals surface area contributed by atoms with Gasteiger partial charge >= 0.3 is 18.2 Å². The number of carbonyl (C=O) groups is 2. The predicted molar refractivity (Wildman–Crippen MR) is 87.6 cm³/mol. The largest absolute Gasteiger partial charge is 0.480 e. The molecule has 1 N–H and O–H groups in total. The summed E-state index contributed by atoms with van der Waals surface area (Å²) in [5.41, 5.74) is -1.43. The van der Waals surface area contributed by atoms with E-state index >= 15 is 0 Å². The molecule has 1 aliphatic rings. The molecular weight excluding hydrogens is 351 g/mol. The number of nitrogens with zero attached hydrogens (tertiary/aromatic N) is 1. The molecule has 0 unspecified atom stereocenters. The summed E-state index contributed by atoms with van der Waals surface area (Å²) in [7, 11) is 0. The van der Waals surface area contributed by atoms with Gasteiger partial charge in [0, 0.05) is 6.54 Å². The lowest BCUT2D eigenvalue weighted by atomic mass is 9.93. The average molecular weight is 373 g/mol. The van der Waals surface area contributed by atoms with Crippen molar-refractivity contribution in [3.63, 3.8) is 0 Å². The van der Waals surface area contributed by atoms with Crippen molar-refractivity contribution in [2.24, 2.45) is 5.92 Å². The Morgan fingerprint density at radius 1 is 1.23 bits per heavy atom. The molecule has 0 spiro atoms. The SMILES string of the molecule is CC(C)(C)OC(=O)N1C[C@@H](Cc2ccccc2C(F)(F)F)C[C@@H]1C(=O)O. The highest BCUT2D eigenvalue weighted by atomic mass is 19.4. The molecule has 1 saturated heterocycles. The van der Waals surface area contributed by atoms with Gasteiger partial charge in [0.15, 0.2) is 0 Å². The Morgan fingerprint density at radius 3 is 2.38 bits per heavy atom. The van der Waals surface area contributed by atoms with Crippen LogP contribution in [-0.2, 0) is 22.1 Å². The summed E-state index contributed by atoms with van der Waals surface area (Å²) in [6.45, 7) is 5.02. The number of likely N-dealkylation sites (tertiary alicyclic amines) is 1. The van der Waals surface area contributed by atoms with Crippen LogP contribution in [-0.4, -0.2) is 40.3 Å². The van der Waals surface area contributed by atoms with Crippen LogP contribution in [0.5, 0.6) is 0 Å². The molecule has 8 heteroatoms. The molecule has 144 valence electrons. The molecule has 1 heterocycles. The number of benzene rings is 1. The molecule has 0 radical (unpaired) electrons. The Bertz CT molecular complexity index is 682. The van der Waals surface area contributed by atoms with E-state index in [1.165, 1.54) is 18.2 Å². The predicted octanol–water partition coefficient (Wildman–Crippen LogP) is 3.96. The van der Waals surface area contributed by atoms with Crippen LogP contribution in [0, 0.1) is 5.92 Å². The number of carboxylic acid groups (broad SMARTS) is 1. The first-order valence-corrected chi connectivity index (χ1v) is 8.26. The molecule has 0 aliphatic carbocycles. The van der Waals surface area contributed by atoms with Crippen LogP contribution in [0.3, 0.4) is 0 Å². The van der Waals surface area contributed by atoms with Crippen LogP contribution in [0.15, 0.2) is 24.3 Å². The van der Waals surface area contributed by atoms with Gasteiger partial charge < -0.3 is 9.84 Å². The molecule has 0 bridgehead atoms. The smallest absolute Gasteiger partial charge is 0.416 e. The van der Waals surface area contributed by atoms with Gasteiger partial charge in [-0.05, 0) is 51.2 Å². The topological polar surface area (TPSA) is 66.8 Å². The van der Waals surface area contributed by atoms with Gasteiger partial charge in [-0.3, -0.25) is 4.90 Å². The van der Waals surface area contributed by atoms with Crippen molar-refractivity contribution >= 4 is 12.1 Å². The maximum absolute atomic E-state index is 13.1. The molecule has 1 aliphatic heterocycles. The quantitative estimate of drug-likeness (QED) is 0.871. The molecule has 1 aromatic carbocycles. The van der Waals surface area contributed by atoms with Crippen molar-refractivity contribution in [2.45, 2.75) is 51.4 Å². The van der Waals surface area contributed by atoms with E-state index in [2.05, 4.69) is 0 Å². The molecule has 2 rings (SSSR count). The molecule has 1 amide bonds. The van der Waals surface area contributed by atoms with Crippen molar-refractivity contribution in [3.8, 4) is 0 Å². The monoisotopic (exact) mass is 373 g/mol. The van der Waals surface area contributed by atoms with Crippen molar-refractivity contribution in [2.75, 3.05) is 6.54 Å². The lowest BCUT2D eigenvalue weighted by molar-refractivity contribution is -0.142. The molecule has 26 heavy (non-hydrogen) atoms. The summed E-state index contributed by atoms with van der Waals surface area (Å²) in [4.78, 5) is 24.8. The number of amides is 1. The highest BCUT2D eigenvalue weighted by molar-refractivity contribution is 5.81. The number of carbonyl (C=O) groups excluding carboxylic acids is 1. The number of aliphatic carboxylic acids is 1. The fourth-order valence-electron chi connectivity index (χ4n) is 3.11. The standard InChI is InChI=1S/C18H22F3NO4/c1-17(2,3)26-16(25)22-10-11(9-14(22)15(23)24)8-12-6-4-5-7-13(12)18(19,20)21/h4-7,11,14H,8-10H2,1-3H3,(H,23,24)/t11-,14+/m0/s1. The number of hydrogen-bond acceptors (Lipinski definition) is 3. The fourth-order valence-corrected chi connectivity index (χ4v) is 3.11. The zero-order chi connectivity index (χ0) is 19.7. The summed E-state index contributed by atoms with van der Waals surface area (Å²) in [5.74, 6) is -1.59. The first-order chi connectivity index (χ1) is 11.9. The molecule has 0 aromatic heterocycles. The second kappa shape index (κ2) is 7.17. The zero-order valence-corrected chi connectivity index (χ0v) is 14.8. The van der Waals surface area contributed by atoms with Crippen LogP contribution in [0.2, 0.25) is 0 Å². The molecule has 5 nitrogen and oxygen atoms in total. The van der Waals surface area contributed by atoms with Crippen LogP contribution < -0.4 is 0 Å². The zero-order valence-electron chi connectivity index (χ0n) is 14.8. The van der Waals surface area contributed by atoms with Gasteiger partial charge in [0.25, 0.3) is 0 Å². The van der Waals surface area contributed by atoms with Gasteiger partial charge in [-0.2, -0.15) is 13.2 Å². The first kappa shape index (κ1) is 20.1. The van der Waals surface area contributed by atoms with Gasteiger partial charge in [0.05, 0.1) is 5.56 Å². The molecule has 0 saturated carbocycles. The van der Waals surface area contributed by atoms with E-state index in [1.807, 2.05) is 0 Å². The summed E-state index contributed by atoms with van der Waals surface area (Å²) in [6, 6.07) is 4.11. The van der Waals surface area contributed by atoms with E-state index in [9.17, 15) is 27.9 Å². The maximum atomic E-state index is 13.1. The summed E-state index contributed by atoms with van der Waals surface area (Å²) in [6.07, 6.45) is -5.12. The lowest BCUT2D eigenvalue weighted by Gasteiger charge is -2.26. The Balaban J connectivity index is 2.18. The summed E-state index contributed by atoms with van der Waals surface area (Å²) >= 11 is 0. The maximum Gasteiger partial charge on any atom is 0.416 e. The van der Waals surface area contributed by atoms with Gasteiger partial charge in [0.2, 0.25) is 0 Å². The minimum absolute atomic E-state index is 0.0398. The van der Waals surface area contributed by atoms with E-state index in [4.69, 9.17) is 4.74 Å². The van der Waals surface area contributed by atoms with Crippen LogP contribution >= 0.6 is 0 Å². The van der Waals surface area contributed by atoms with Gasteiger partial charge in [0.1, 0.15) is 11.6 Å². The number of hydrogen-bond donors (Lipinski definition) is 1. The Hall–Kier alpha value is -2.25. The number of alkyl halides is 3. The summed E-state index contributed by atoms with van der Waals surface area (Å²) < 4.78 is 44.6. The van der Waals surface area contributed by atoms with E-state index in [-0.39, 0.29) is 24.9 Å². The minimum Gasteiger partial charge on any atom is -0.480 e. The third-order valence-electron chi connectivity index (χ3n) is 4.13. The normalized spacial score (nSPS) is 20.9. The molecule has 2 atom stereocenters. The summed E-state index contributed by atoms with van der Waals surface area (Å²) in [5, 5.41) is 9.37. The van der Waals surface area contributed by atoms with E-state index in [0.29, 0.717) is 0 Å². The number of rotatable bonds is 3. The van der Waals surface area contributed by atoms with Crippen molar-refractivity contribution in [1.82, 2.24) is 4.90 Å². The van der Waals surface area contributed by atoms with E-state index in [1.54, 1.807) is 20.8 Å². The highest BCUT2D eigenvalue weighted by Gasteiger charge is 2.42. The second-order valence-electron chi connectivity index (χ2n) is 7.45. The number of carboxylic acids is 1. The number of halogens is 3.